The summed E-state index contributed by atoms with van der Waals surface area (Å²) in [5.41, 5.74) is 0.510. The van der Waals surface area contributed by atoms with Gasteiger partial charge < -0.3 is 10.4 Å². The van der Waals surface area contributed by atoms with Crippen molar-refractivity contribution in [3.8, 4) is 0 Å². The summed E-state index contributed by atoms with van der Waals surface area (Å²) < 4.78 is 0. The molecule has 5 nitrogen and oxygen atoms in total. The van der Waals surface area contributed by atoms with Gasteiger partial charge in [-0.3, -0.25) is 9.69 Å². The Balaban J connectivity index is 2.47. The number of carbonyl (C=O) groups excluding carboxylic acids is 1. The van der Waals surface area contributed by atoms with Crippen molar-refractivity contribution in [2.24, 2.45) is 0 Å². The molecule has 0 aliphatic rings. The molecule has 0 saturated carbocycles. The van der Waals surface area contributed by atoms with Crippen molar-refractivity contribution in [2.75, 3.05) is 13.7 Å². The number of rotatable bonds is 3. The number of carboxylic acid groups (broad SMARTS) is 1. The van der Waals surface area contributed by atoms with Crippen molar-refractivity contribution < 1.29 is 14.7 Å². The fraction of sp³-hybridized carbons (Fsp3) is 0.200. The van der Waals surface area contributed by atoms with Crippen LogP contribution in [0.3, 0.4) is 0 Å². The average molecular weight is 208 g/mol. The van der Waals surface area contributed by atoms with Crippen LogP contribution in [0.4, 0.5) is 4.79 Å². The van der Waals surface area contributed by atoms with Crippen molar-refractivity contribution in [3.63, 3.8) is 0 Å². The van der Waals surface area contributed by atoms with Crippen LogP contribution in [0.25, 0.3) is 0 Å². The molecular formula is C10H12N2O3. The summed E-state index contributed by atoms with van der Waals surface area (Å²) in [4.78, 5) is 22.9. The second-order valence-electron chi connectivity index (χ2n) is 3.01. The molecule has 0 aliphatic heterocycles. The monoisotopic (exact) mass is 208 g/mol. The second kappa shape index (κ2) is 4.99. The van der Waals surface area contributed by atoms with E-state index >= 15 is 0 Å². The topological polar surface area (TPSA) is 69.6 Å². The molecule has 1 rings (SSSR count). The van der Waals surface area contributed by atoms with Crippen molar-refractivity contribution in [3.05, 3.63) is 35.9 Å². The van der Waals surface area contributed by atoms with Crippen LogP contribution in [0.15, 0.2) is 30.3 Å². The lowest BCUT2D eigenvalue weighted by Crippen LogP contribution is -2.37. The lowest BCUT2D eigenvalue weighted by atomic mass is 10.2. The van der Waals surface area contributed by atoms with E-state index in [0.29, 0.717) is 5.56 Å². The summed E-state index contributed by atoms with van der Waals surface area (Å²) in [6, 6.07) is 8.62. The molecule has 0 spiro atoms. The van der Waals surface area contributed by atoms with Crippen LogP contribution >= 0.6 is 0 Å². The number of hydrogen-bond acceptors (Lipinski definition) is 2. The second-order valence-corrected chi connectivity index (χ2v) is 3.01. The summed E-state index contributed by atoms with van der Waals surface area (Å²) in [6.07, 6.45) is -1.08. The zero-order chi connectivity index (χ0) is 11.3. The van der Waals surface area contributed by atoms with E-state index in [-0.39, 0.29) is 12.6 Å². The quantitative estimate of drug-likeness (QED) is 0.727. The molecule has 0 bridgehead atoms. The zero-order valence-corrected chi connectivity index (χ0v) is 8.30. The van der Waals surface area contributed by atoms with Crippen LogP contribution in [-0.4, -0.2) is 35.7 Å². The first-order chi connectivity index (χ1) is 7.11. The van der Waals surface area contributed by atoms with E-state index in [0.717, 1.165) is 4.90 Å². The van der Waals surface area contributed by atoms with Gasteiger partial charge in [0.15, 0.2) is 0 Å². The Morgan fingerprint density at radius 3 is 2.47 bits per heavy atom. The van der Waals surface area contributed by atoms with Crippen LogP contribution in [0.1, 0.15) is 10.4 Å². The van der Waals surface area contributed by atoms with E-state index in [4.69, 9.17) is 5.11 Å². The summed E-state index contributed by atoms with van der Waals surface area (Å²) in [5, 5.41) is 11.0. The van der Waals surface area contributed by atoms with E-state index in [1.165, 1.54) is 7.05 Å². The number of carbonyl (C=O) groups is 2. The summed E-state index contributed by atoms with van der Waals surface area (Å²) in [6.45, 7) is -0.0247. The predicted molar refractivity (Wildman–Crippen MR) is 54.6 cm³/mol. The third kappa shape index (κ3) is 3.30. The van der Waals surface area contributed by atoms with Crippen LogP contribution < -0.4 is 5.32 Å². The molecular weight excluding hydrogens is 196 g/mol. The highest BCUT2D eigenvalue weighted by molar-refractivity contribution is 5.94. The van der Waals surface area contributed by atoms with Gasteiger partial charge in [0.05, 0.1) is 6.67 Å². The highest BCUT2D eigenvalue weighted by Gasteiger charge is 2.08. The van der Waals surface area contributed by atoms with Crippen molar-refractivity contribution in [2.45, 2.75) is 0 Å². The lowest BCUT2D eigenvalue weighted by Gasteiger charge is -2.13. The maximum absolute atomic E-state index is 11.4. The standard InChI is InChI=1S/C10H12N2O3/c1-12(10(14)15)7-11-9(13)8-5-3-2-4-6-8/h2-6H,7H2,1H3,(H,11,13)(H,14,15). The van der Waals surface area contributed by atoms with E-state index in [2.05, 4.69) is 5.32 Å². The minimum atomic E-state index is -1.08. The van der Waals surface area contributed by atoms with Gasteiger partial charge in [-0.2, -0.15) is 0 Å². The van der Waals surface area contributed by atoms with Crippen molar-refractivity contribution in [1.82, 2.24) is 10.2 Å². The largest absolute Gasteiger partial charge is 0.465 e. The van der Waals surface area contributed by atoms with Gasteiger partial charge in [0, 0.05) is 12.6 Å². The molecule has 2 amide bonds. The molecule has 0 heterocycles. The molecule has 5 heteroatoms. The Hall–Kier alpha value is -2.04. The Bertz CT molecular complexity index is 351. The first-order valence-electron chi connectivity index (χ1n) is 4.38. The molecule has 0 saturated heterocycles. The van der Waals surface area contributed by atoms with Gasteiger partial charge in [-0.1, -0.05) is 18.2 Å². The van der Waals surface area contributed by atoms with E-state index in [1.54, 1.807) is 30.3 Å². The van der Waals surface area contributed by atoms with Crippen molar-refractivity contribution >= 4 is 12.0 Å². The van der Waals surface area contributed by atoms with E-state index in [9.17, 15) is 9.59 Å². The Labute approximate surface area is 87.3 Å². The maximum Gasteiger partial charge on any atom is 0.408 e. The normalized spacial score (nSPS) is 9.40. The molecule has 0 atom stereocenters. The molecule has 1 aromatic rings. The van der Waals surface area contributed by atoms with Gasteiger partial charge >= 0.3 is 6.09 Å². The van der Waals surface area contributed by atoms with Crippen LogP contribution in [0.5, 0.6) is 0 Å². The minimum Gasteiger partial charge on any atom is -0.465 e. The number of hydrogen-bond donors (Lipinski definition) is 2. The van der Waals surface area contributed by atoms with E-state index < -0.39 is 6.09 Å². The molecule has 80 valence electrons. The first-order valence-corrected chi connectivity index (χ1v) is 4.38. The zero-order valence-electron chi connectivity index (χ0n) is 8.30. The van der Waals surface area contributed by atoms with Gasteiger partial charge in [0.25, 0.3) is 5.91 Å². The Morgan fingerprint density at radius 2 is 1.93 bits per heavy atom. The molecule has 0 aliphatic carbocycles. The number of nitrogens with zero attached hydrogens (tertiary/aromatic N) is 1. The number of benzene rings is 1. The minimum absolute atomic E-state index is 0.0247. The lowest BCUT2D eigenvalue weighted by molar-refractivity contribution is 0.0927. The fourth-order valence-corrected chi connectivity index (χ4v) is 0.950. The highest BCUT2D eigenvalue weighted by Crippen LogP contribution is 1.97. The SMILES string of the molecule is CN(CNC(=O)c1ccccc1)C(=O)O. The molecule has 0 fully saturated rings. The van der Waals surface area contributed by atoms with E-state index in [1.807, 2.05) is 0 Å². The molecule has 0 aromatic heterocycles. The predicted octanol–water partition coefficient (Wildman–Crippen LogP) is 0.984. The Morgan fingerprint density at radius 1 is 1.33 bits per heavy atom. The van der Waals surface area contributed by atoms with Gasteiger partial charge in [0.1, 0.15) is 0 Å². The van der Waals surface area contributed by atoms with Crippen LogP contribution in [0, 0.1) is 0 Å². The smallest absolute Gasteiger partial charge is 0.408 e. The average Bonchev–Trinajstić information content (AvgIpc) is 2.26. The molecule has 0 radical (unpaired) electrons. The molecule has 0 unspecified atom stereocenters. The highest BCUT2D eigenvalue weighted by atomic mass is 16.4. The van der Waals surface area contributed by atoms with Gasteiger partial charge in [-0.05, 0) is 12.1 Å². The summed E-state index contributed by atoms with van der Waals surface area (Å²) in [7, 11) is 1.38. The maximum atomic E-state index is 11.4. The first kappa shape index (κ1) is 11.0. The van der Waals surface area contributed by atoms with Gasteiger partial charge in [-0.15, -0.1) is 0 Å². The third-order valence-corrected chi connectivity index (χ3v) is 1.84. The third-order valence-electron chi connectivity index (χ3n) is 1.84. The molecule has 2 N–H and O–H groups in total. The summed E-state index contributed by atoms with van der Waals surface area (Å²) >= 11 is 0. The number of nitrogens with one attached hydrogen (secondary N) is 1. The fourth-order valence-electron chi connectivity index (χ4n) is 0.950. The summed E-state index contributed by atoms with van der Waals surface area (Å²) in [5.74, 6) is -0.288. The molecule has 15 heavy (non-hydrogen) atoms. The number of amides is 2. The van der Waals surface area contributed by atoms with Gasteiger partial charge in [0.2, 0.25) is 0 Å². The Kier molecular flexibility index (Phi) is 3.68. The van der Waals surface area contributed by atoms with Crippen molar-refractivity contribution in [1.29, 1.82) is 0 Å². The van der Waals surface area contributed by atoms with Gasteiger partial charge in [-0.25, -0.2) is 4.79 Å². The van der Waals surface area contributed by atoms with Crippen LogP contribution in [0.2, 0.25) is 0 Å². The van der Waals surface area contributed by atoms with Crippen LogP contribution in [-0.2, 0) is 0 Å². The molecule has 1 aromatic carbocycles.